The predicted molar refractivity (Wildman–Crippen MR) is 82.8 cm³/mol. The second-order valence-corrected chi connectivity index (χ2v) is 5.98. The van der Waals surface area contributed by atoms with E-state index in [9.17, 15) is 4.79 Å². The smallest absolute Gasteiger partial charge is 0.223 e. The third-order valence-electron chi connectivity index (χ3n) is 3.98. The van der Waals surface area contributed by atoms with Crippen molar-refractivity contribution in [2.24, 2.45) is 5.92 Å². The Morgan fingerprint density at radius 2 is 1.95 bits per heavy atom. The number of unbranched alkanes of at least 4 members (excludes halogenated alkanes) is 2. The maximum absolute atomic E-state index is 12.0. The number of likely N-dealkylation sites (tertiary alicyclic amines) is 1. The number of piperidine rings is 1. The second kappa shape index (κ2) is 10.2. The quantitative estimate of drug-likeness (QED) is 0.661. The zero-order chi connectivity index (χ0) is 14.8. The Hall–Kier alpha value is -0.610. The Labute approximate surface area is 124 Å². The highest BCUT2D eigenvalue weighted by molar-refractivity contribution is 5.78. The summed E-state index contributed by atoms with van der Waals surface area (Å²) < 4.78 is 5.49. The standard InChI is InChI=1S/C16H32N2O2/c1-4-18-11-8-15(9-12-18)16(19)17-10-6-5-7-13-20-14(2)3/h14-15H,4-13H2,1-3H3,(H,17,19). The molecule has 1 N–H and O–H groups in total. The van der Waals surface area contributed by atoms with E-state index in [1.54, 1.807) is 0 Å². The molecule has 0 aromatic heterocycles. The molecule has 1 aliphatic heterocycles. The van der Waals surface area contributed by atoms with E-state index in [1.807, 2.05) is 0 Å². The van der Waals surface area contributed by atoms with E-state index in [-0.39, 0.29) is 11.8 Å². The molecule has 0 unspecified atom stereocenters. The van der Waals surface area contributed by atoms with Crippen molar-refractivity contribution in [3.05, 3.63) is 0 Å². The molecule has 1 amide bonds. The van der Waals surface area contributed by atoms with Crippen LogP contribution in [0.2, 0.25) is 0 Å². The summed E-state index contributed by atoms with van der Waals surface area (Å²) in [5, 5.41) is 3.09. The van der Waals surface area contributed by atoms with Gasteiger partial charge in [-0.2, -0.15) is 0 Å². The van der Waals surface area contributed by atoms with Gasteiger partial charge in [-0.05, 0) is 65.6 Å². The van der Waals surface area contributed by atoms with Crippen molar-refractivity contribution in [1.29, 1.82) is 0 Å². The van der Waals surface area contributed by atoms with Gasteiger partial charge in [-0.3, -0.25) is 4.79 Å². The van der Waals surface area contributed by atoms with Crippen LogP contribution in [0.15, 0.2) is 0 Å². The van der Waals surface area contributed by atoms with Gasteiger partial charge >= 0.3 is 0 Å². The predicted octanol–water partition coefficient (Wildman–Crippen LogP) is 2.43. The Balaban J connectivity index is 1.98. The fourth-order valence-corrected chi connectivity index (χ4v) is 2.59. The topological polar surface area (TPSA) is 41.6 Å². The largest absolute Gasteiger partial charge is 0.379 e. The molecule has 0 saturated carbocycles. The van der Waals surface area contributed by atoms with E-state index < -0.39 is 0 Å². The van der Waals surface area contributed by atoms with E-state index in [0.29, 0.717) is 6.10 Å². The van der Waals surface area contributed by atoms with Crippen LogP contribution in [-0.2, 0) is 9.53 Å². The van der Waals surface area contributed by atoms with Crippen LogP contribution in [0.25, 0.3) is 0 Å². The number of rotatable bonds is 9. The Morgan fingerprint density at radius 3 is 2.55 bits per heavy atom. The summed E-state index contributed by atoms with van der Waals surface area (Å²) in [4.78, 5) is 14.4. The molecule has 0 aromatic carbocycles. The van der Waals surface area contributed by atoms with Crippen LogP contribution in [0, 0.1) is 5.92 Å². The maximum atomic E-state index is 12.0. The Kier molecular flexibility index (Phi) is 8.86. The molecule has 0 radical (unpaired) electrons. The molecule has 0 bridgehead atoms. The molecular formula is C16H32N2O2. The normalized spacial score (nSPS) is 17.6. The average molecular weight is 284 g/mol. The minimum Gasteiger partial charge on any atom is -0.379 e. The summed E-state index contributed by atoms with van der Waals surface area (Å²) in [6.07, 6.45) is 5.62. The van der Waals surface area contributed by atoms with Crippen LogP contribution in [0.1, 0.15) is 52.9 Å². The zero-order valence-electron chi connectivity index (χ0n) is 13.5. The van der Waals surface area contributed by atoms with Crippen molar-refractivity contribution < 1.29 is 9.53 Å². The molecule has 1 rings (SSSR count). The van der Waals surface area contributed by atoms with E-state index >= 15 is 0 Å². The Bertz CT molecular complexity index is 261. The van der Waals surface area contributed by atoms with Gasteiger partial charge in [0.15, 0.2) is 0 Å². The molecule has 0 aliphatic carbocycles. The van der Waals surface area contributed by atoms with Crippen molar-refractivity contribution >= 4 is 5.91 Å². The van der Waals surface area contributed by atoms with E-state index in [4.69, 9.17) is 4.74 Å². The van der Waals surface area contributed by atoms with Crippen LogP contribution < -0.4 is 5.32 Å². The number of nitrogens with one attached hydrogen (secondary N) is 1. The molecule has 1 aliphatic rings. The van der Waals surface area contributed by atoms with Crippen LogP contribution in [-0.4, -0.2) is 49.7 Å². The molecule has 0 spiro atoms. The molecule has 0 atom stereocenters. The number of nitrogens with zero attached hydrogens (tertiary/aromatic N) is 1. The monoisotopic (exact) mass is 284 g/mol. The number of amides is 1. The summed E-state index contributed by atoms with van der Waals surface area (Å²) >= 11 is 0. The van der Waals surface area contributed by atoms with Gasteiger partial charge in [0.05, 0.1) is 6.10 Å². The van der Waals surface area contributed by atoms with Gasteiger partial charge in [0.25, 0.3) is 0 Å². The molecule has 1 heterocycles. The molecule has 0 aromatic rings. The van der Waals surface area contributed by atoms with Crippen LogP contribution in [0.5, 0.6) is 0 Å². The minimum absolute atomic E-state index is 0.238. The molecular weight excluding hydrogens is 252 g/mol. The van der Waals surface area contributed by atoms with Crippen molar-refractivity contribution in [3.8, 4) is 0 Å². The molecule has 1 fully saturated rings. The lowest BCUT2D eigenvalue weighted by atomic mass is 9.96. The van der Waals surface area contributed by atoms with Gasteiger partial charge in [-0.1, -0.05) is 6.92 Å². The highest BCUT2D eigenvalue weighted by Gasteiger charge is 2.23. The Morgan fingerprint density at radius 1 is 1.25 bits per heavy atom. The first-order valence-electron chi connectivity index (χ1n) is 8.25. The number of carbonyl (C=O) groups is 1. The van der Waals surface area contributed by atoms with Crippen molar-refractivity contribution in [2.75, 3.05) is 32.8 Å². The van der Waals surface area contributed by atoms with E-state index in [2.05, 4.69) is 31.0 Å². The SMILES string of the molecule is CCN1CCC(C(=O)NCCCCCOC(C)C)CC1. The average Bonchev–Trinajstić information content (AvgIpc) is 2.45. The van der Waals surface area contributed by atoms with Crippen molar-refractivity contribution in [1.82, 2.24) is 10.2 Å². The van der Waals surface area contributed by atoms with Gasteiger partial charge in [0.1, 0.15) is 0 Å². The van der Waals surface area contributed by atoms with E-state index in [0.717, 1.165) is 64.9 Å². The summed E-state index contributed by atoms with van der Waals surface area (Å²) in [7, 11) is 0. The lowest BCUT2D eigenvalue weighted by Gasteiger charge is -2.30. The van der Waals surface area contributed by atoms with Gasteiger partial charge in [0, 0.05) is 19.1 Å². The lowest BCUT2D eigenvalue weighted by Crippen LogP contribution is -2.40. The second-order valence-electron chi connectivity index (χ2n) is 5.98. The summed E-state index contributed by atoms with van der Waals surface area (Å²) in [6.45, 7) is 11.2. The lowest BCUT2D eigenvalue weighted by molar-refractivity contribution is -0.126. The fourth-order valence-electron chi connectivity index (χ4n) is 2.59. The highest BCUT2D eigenvalue weighted by Crippen LogP contribution is 2.16. The highest BCUT2D eigenvalue weighted by atomic mass is 16.5. The molecule has 4 nitrogen and oxygen atoms in total. The van der Waals surface area contributed by atoms with Gasteiger partial charge < -0.3 is 15.0 Å². The number of hydrogen-bond acceptors (Lipinski definition) is 3. The third kappa shape index (κ3) is 7.25. The van der Waals surface area contributed by atoms with Gasteiger partial charge in [-0.15, -0.1) is 0 Å². The van der Waals surface area contributed by atoms with Crippen LogP contribution in [0.4, 0.5) is 0 Å². The first-order valence-corrected chi connectivity index (χ1v) is 8.25. The summed E-state index contributed by atoms with van der Waals surface area (Å²) in [6, 6.07) is 0. The summed E-state index contributed by atoms with van der Waals surface area (Å²) in [5.41, 5.74) is 0. The van der Waals surface area contributed by atoms with Gasteiger partial charge in [-0.25, -0.2) is 0 Å². The van der Waals surface area contributed by atoms with Crippen molar-refractivity contribution in [3.63, 3.8) is 0 Å². The molecule has 4 heteroatoms. The first kappa shape index (κ1) is 17.4. The maximum Gasteiger partial charge on any atom is 0.223 e. The first-order chi connectivity index (χ1) is 9.63. The van der Waals surface area contributed by atoms with Crippen LogP contribution in [0.3, 0.4) is 0 Å². The molecule has 118 valence electrons. The summed E-state index contributed by atoms with van der Waals surface area (Å²) in [5.74, 6) is 0.501. The number of hydrogen-bond donors (Lipinski definition) is 1. The minimum atomic E-state index is 0.238. The molecule has 20 heavy (non-hydrogen) atoms. The van der Waals surface area contributed by atoms with Gasteiger partial charge in [0.2, 0.25) is 5.91 Å². The number of ether oxygens (including phenoxy) is 1. The van der Waals surface area contributed by atoms with E-state index in [1.165, 1.54) is 0 Å². The number of carbonyl (C=O) groups excluding carboxylic acids is 1. The van der Waals surface area contributed by atoms with Crippen LogP contribution >= 0.6 is 0 Å². The third-order valence-corrected chi connectivity index (χ3v) is 3.98. The molecule has 1 saturated heterocycles. The zero-order valence-corrected chi connectivity index (χ0v) is 13.5. The fraction of sp³-hybridized carbons (Fsp3) is 0.938. The van der Waals surface area contributed by atoms with Crippen molar-refractivity contribution in [2.45, 2.75) is 59.0 Å².